The van der Waals surface area contributed by atoms with Crippen LogP contribution < -0.4 is 4.90 Å². The number of allylic oxidation sites excluding steroid dienone is 2. The Kier molecular flexibility index (Phi) is 4.62. The summed E-state index contributed by atoms with van der Waals surface area (Å²) in [5.74, 6) is -0.0346. The normalized spacial score (nSPS) is 17.6. The molecule has 5 heteroatoms. The van der Waals surface area contributed by atoms with E-state index in [-0.39, 0.29) is 5.91 Å². The van der Waals surface area contributed by atoms with Gasteiger partial charge in [0.05, 0.1) is 4.91 Å². The Morgan fingerprint density at radius 3 is 2.40 bits per heavy atom. The number of thioether (sulfide) groups is 1. The van der Waals surface area contributed by atoms with Gasteiger partial charge in [0.25, 0.3) is 5.91 Å². The number of thiocarbonyl (C=S) groups is 1. The summed E-state index contributed by atoms with van der Waals surface area (Å²) in [6, 6.07) is 8.21. The molecule has 0 spiro atoms. The molecule has 2 rings (SSSR count). The Labute approximate surface area is 128 Å². The van der Waals surface area contributed by atoms with E-state index in [1.165, 1.54) is 16.7 Å². The first kappa shape index (κ1) is 14.8. The van der Waals surface area contributed by atoms with Crippen LogP contribution in [0, 0.1) is 0 Å². The molecule has 0 aromatic heterocycles. The van der Waals surface area contributed by atoms with Crippen molar-refractivity contribution in [3.8, 4) is 0 Å². The Morgan fingerprint density at radius 1 is 1.25 bits per heavy atom. The second-order valence-corrected chi connectivity index (χ2v) is 6.28. The van der Waals surface area contributed by atoms with E-state index in [1.807, 2.05) is 44.5 Å². The molecule has 20 heavy (non-hydrogen) atoms. The predicted octanol–water partition coefficient (Wildman–Crippen LogP) is 3.14. The smallest absolute Gasteiger partial charge is 0.265 e. The van der Waals surface area contributed by atoms with Crippen LogP contribution in [0.25, 0.3) is 6.08 Å². The van der Waals surface area contributed by atoms with Crippen molar-refractivity contribution >= 4 is 46.0 Å². The number of anilines is 1. The number of nitrogens with zero attached hydrogens (tertiary/aromatic N) is 2. The fraction of sp³-hybridized carbons (Fsp3) is 0.200. The minimum absolute atomic E-state index is 0.0346. The van der Waals surface area contributed by atoms with Crippen molar-refractivity contribution in [2.24, 2.45) is 0 Å². The van der Waals surface area contributed by atoms with Gasteiger partial charge in [0.2, 0.25) is 0 Å². The molecule has 1 aliphatic rings. The number of amides is 1. The van der Waals surface area contributed by atoms with Gasteiger partial charge in [-0.2, -0.15) is 0 Å². The molecule has 1 fully saturated rings. The van der Waals surface area contributed by atoms with Gasteiger partial charge in [-0.05, 0) is 23.8 Å². The molecule has 0 N–H and O–H groups in total. The number of hydrogen-bond acceptors (Lipinski definition) is 4. The van der Waals surface area contributed by atoms with Crippen molar-refractivity contribution in [1.82, 2.24) is 4.90 Å². The zero-order chi connectivity index (χ0) is 14.7. The van der Waals surface area contributed by atoms with Crippen LogP contribution in [0.4, 0.5) is 5.69 Å². The van der Waals surface area contributed by atoms with Gasteiger partial charge in [0.1, 0.15) is 4.32 Å². The molecule has 1 heterocycles. The fourth-order valence-corrected chi connectivity index (χ4v) is 2.82. The molecular weight excluding hydrogens is 288 g/mol. The number of benzene rings is 1. The first-order valence-electron chi connectivity index (χ1n) is 6.14. The topological polar surface area (TPSA) is 23.6 Å². The molecule has 1 amide bonds. The molecule has 1 aromatic carbocycles. The van der Waals surface area contributed by atoms with E-state index in [4.69, 9.17) is 12.2 Å². The Morgan fingerprint density at radius 2 is 1.90 bits per heavy atom. The summed E-state index contributed by atoms with van der Waals surface area (Å²) in [5.41, 5.74) is 2.26. The van der Waals surface area contributed by atoms with Crippen LogP contribution in [0.15, 0.2) is 41.3 Å². The minimum Gasteiger partial charge on any atom is -0.378 e. The van der Waals surface area contributed by atoms with Crippen molar-refractivity contribution in [3.05, 3.63) is 46.9 Å². The lowest BCUT2D eigenvalue weighted by Gasteiger charge is -2.11. The maximum absolute atomic E-state index is 11.8. The third-order valence-electron chi connectivity index (χ3n) is 2.93. The first-order valence-corrected chi connectivity index (χ1v) is 7.37. The van der Waals surface area contributed by atoms with Gasteiger partial charge >= 0.3 is 0 Å². The molecule has 0 aliphatic carbocycles. The van der Waals surface area contributed by atoms with Crippen molar-refractivity contribution < 1.29 is 4.79 Å². The molecule has 3 nitrogen and oxygen atoms in total. The van der Waals surface area contributed by atoms with E-state index >= 15 is 0 Å². The van der Waals surface area contributed by atoms with Crippen molar-refractivity contribution in [3.63, 3.8) is 0 Å². The third kappa shape index (κ3) is 3.29. The largest absolute Gasteiger partial charge is 0.378 e. The highest BCUT2D eigenvalue weighted by Gasteiger charge is 2.27. The second-order valence-electron chi connectivity index (χ2n) is 4.61. The van der Waals surface area contributed by atoms with E-state index in [0.717, 1.165) is 11.3 Å². The van der Waals surface area contributed by atoms with E-state index in [2.05, 4.69) is 17.0 Å². The second kappa shape index (κ2) is 6.24. The standard InChI is InChI=1S/C15H16N2OS2/c1-16(2)12-9-7-11(8-10-12)5-4-6-13-14(18)17(3)15(19)20-13/h4-10H,1-3H3. The summed E-state index contributed by atoms with van der Waals surface area (Å²) in [6.07, 6.45) is 5.66. The average molecular weight is 304 g/mol. The van der Waals surface area contributed by atoms with Gasteiger partial charge in [-0.15, -0.1) is 0 Å². The Bertz CT molecular complexity index is 588. The lowest BCUT2D eigenvalue weighted by Crippen LogP contribution is -2.22. The van der Waals surface area contributed by atoms with Crippen LogP contribution in [0.2, 0.25) is 0 Å². The van der Waals surface area contributed by atoms with E-state index in [0.29, 0.717) is 9.23 Å². The molecule has 0 atom stereocenters. The van der Waals surface area contributed by atoms with Gasteiger partial charge < -0.3 is 4.90 Å². The lowest BCUT2D eigenvalue weighted by molar-refractivity contribution is -0.121. The zero-order valence-corrected chi connectivity index (χ0v) is 13.3. The van der Waals surface area contributed by atoms with Crippen LogP contribution in [0.5, 0.6) is 0 Å². The number of carbonyl (C=O) groups is 1. The molecule has 0 saturated carbocycles. The predicted molar refractivity (Wildman–Crippen MR) is 90.8 cm³/mol. The van der Waals surface area contributed by atoms with E-state index < -0.39 is 0 Å². The van der Waals surface area contributed by atoms with Gasteiger partial charge in [0, 0.05) is 26.8 Å². The number of likely N-dealkylation sites (N-methyl/N-ethyl adjacent to an activating group) is 1. The van der Waals surface area contributed by atoms with Gasteiger partial charge in [-0.25, -0.2) is 0 Å². The summed E-state index contributed by atoms with van der Waals surface area (Å²) >= 11 is 6.41. The molecule has 1 aromatic rings. The van der Waals surface area contributed by atoms with Crippen LogP contribution in [0.1, 0.15) is 5.56 Å². The van der Waals surface area contributed by atoms with Crippen LogP contribution in [0.3, 0.4) is 0 Å². The minimum atomic E-state index is -0.0346. The fourth-order valence-electron chi connectivity index (χ4n) is 1.69. The summed E-state index contributed by atoms with van der Waals surface area (Å²) in [5, 5.41) is 0. The van der Waals surface area contributed by atoms with Crippen molar-refractivity contribution in [1.29, 1.82) is 0 Å². The highest BCUT2D eigenvalue weighted by Crippen LogP contribution is 2.29. The van der Waals surface area contributed by atoms with Gasteiger partial charge in [-0.1, -0.05) is 48.3 Å². The monoisotopic (exact) mass is 304 g/mol. The number of hydrogen-bond donors (Lipinski definition) is 0. The van der Waals surface area contributed by atoms with Crippen LogP contribution >= 0.6 is 24.0 Å². The Hall–Kier alpha value is -1.59. The quantitative estimate of drug-likeness (QED) is 0.632. The molecular formula is C15H16N2OS2. The van der Waals surface area contributed by atoms with Crippen molar-refractivity contribution in [2.45, 2.75) is 0 Å². The number of rotatable bonds is 3. The average Bonchev–Trinajstić information content (AvgIpc) is 2.67. The van der Waals surface area contributed by atoms with Gasteiger partial charge in [0.15, 0.2) is 0 Å². The molecule has 1 aliphatic heterocycles. The zero-order valence-electron chi connectivity index (χ0n) is 11.7. The molecule has 0 radical (unpaired) electrons. The Balaban J connectivity index is 2.07. The maximum Gasteiger partial charge on any atom is 0.265 e. The number of carbonyl (C=O) groups excluding carboxylic acids is 1. The summed E-state index contributed by atoms with van der Waals surface area (Å²) in [4.78, 5) is 16.0. The summed E-state index contributed by atoms with van der Waals surface area (Å²) in [7, 11) is 5.72. The lowest BCUT2D eigenvalue weighted by atomic mass is 10.2. The highest BCUT2D eigenvalue weighted by atomic mass is 32.2. The van der Waals surface area contributed by atoms with E-state index in [9.17, 15) is 4.79 Å². The summed E-state index contributed by atoms with van der Waals surface area (Å²) in [6.45, 7) is 0. The van der Waals surface area contributed by atoms with Crippen LogP contribution in [-0.2, 0) is 4.79 Å². The molecule has 1 saturated heterocycles. The molecule has 104 valence electrons. The van der Waals surface area contributed by atoms with E-state index in [1.54, 1.807) is 7.05 Å². The first-order chi connectivity index (χ1) is 9.49. The molecule has 0 unspecified atom stereocenters. The van der Waals surface area contributed by atoms with Crippen molar-refractivity contribution in [2.75, 3.05) is 26.0 Å². The van der Waals surface area contributed by atoms with Gasteiger partial charge in [-0.3, -0.25) is 9.69 Å². The van der Waals surface area contributed by atoms with Crippen LogP contribution in [-0.4, -0.2) is 36.3 Å². The highest BCUT2D eigenvalue weighted by molar-refractivity contribution is 8.26. The maximum atomic E-state index is 11.8. The third-order valence-corrected chi connectivity index (χ3v) is 4.44. The SMILES string of the molecule is CN1C(=O)C(=CC=Cc2ccc(N(C)C)cc2)SC1=S. The summed E-state index contributed by atoms with van der Waals surface area (Å²) < 4.78 is 0.602. The molecule has 0 bridgehead atoms.